The molecule has 12 nitrogen and oxygen atoms in total. The van der Waals surface area contributed by atoms with E-state index >= 15 is 0 Å². The molecule has 0 bridgehead atoms. The van der Waals surface area contributed by atoms with Crippen LogP contribution in [0.3, 0.4) is 0 Å². The lowest BCUT2D eigenvalue weighted by atomic mass is 10.0. The number of carbonyl (C=O) groups excluding carboxylic acids is 3. The van der Waals surface area contributed by atoms with Gasteiger partial charge in [0.05, 0.1) is 35.5 Å². The average Bonchev–Trinajstić information content (AvgIpc) is 3.30. The lowest BCUT2D eigenvalue weighted by molar-refractivity contribution is -0.131. The Labute approximate surface area is 228 Å². The predicted octanol–water partition coefficient (Wildman–Crippen LogP) is 1.62. The minimum absolute atomic E-state index is 0.0134. The van der Waals surface area contributed by atoms with Crippen molar-refractivity contribution in [1.82, 2.24) is 15.2 Å². The van der Waals surface area contributed by atoms with Crippen LogP contribution >= 0.6 is 7.60 Å². The highest BCUT2D eigenvalue weighted by Crippen LogP contribution is 2.37. The maximum absolute atomic E-state index is 14.4. The number of benzene rings is 1. The summed E-state index contributed by atoms with van der Waals surface area (Å²) in [6.07, 6.45) is -2.41. The molecule has 218 valence electrons. The number of nitrogens with zero attached hydrogens (tertiary/aromatic N) is 1. The molecule has 0 radical (unpaired) electrons. The van der Waals surface area contributed by atoms with Crippen LogP contribution in [-0.2, 0) is 14.2 Å². The first-order valence-corrected chi connectivity index (χ1v) is 14.0. The minimum atomic E-state index is -4.45. The van der Waals surface area contributed by atoms with Crippen molar-refractivity contribution in [2.45, 2.75) is 45.3 Å². The quantitative estimate of drug-likeness (QED) is 0.153. The van der Waals surface area contributed by atoms with Gasteiger partial charge >= 0.3 is 7.60 Å². The first-order valence-electron chi connectivity index (χ1n) is 12.2. The fourth-order valence-corrected chi connectivity index (χ4v) is 5.14. The van der Waals surface area contributed by atoms with E-state index in [9.17, 15) is 37.9 Å². The number of aliphatic hydroxyl groups is 2. The molecule has 7 N–H and O–H groups in total. The van der Waals surface area contributed by atoms with E-state index in [1.807, 2.05) is 0 Å². The highest BCUT2D eigenvalue weighted by molar-refractivity contribution is 7.51. The molecular formula is C25H31F2N4O8P. The molecule has 1 aliphatic rings. The maximum Gasteiger partial charge on any atom is 0.344 e. The molecule has 0 saturated heterocycles. The number of fused-ring (bicyclic) bond motifs is 1. The summed E-state index contributed by atoms with van der Waals surface area (Å²) < 4.78 is 39.2. The van der Waals surface area contributed by atoms with Gasteiger partial charge in [-0.15, -0.1) is 0 Å². The van der Waals surface area contributed by atoms with Crippen LogP contribution < -0.4 is 10.6 Å². The van der Waals surface area contributed by atoms with Gasteiger partial charge in [-0.05, 0) is 50.5 Å². The van der Waals surface area contributed by atoms with E-state index < -0.39 is 61.9 Å². The van der Waals surface area contributed by atoms with E-state index in [0.29, 0.717) is 17.0 Å². The fraction of sp³-hybridized carbons (Fsp3) is 0.400. The number of hydrogen-bond acceptors (Lipinski definition) is 6. The number of aromatic nitrogens is 1. The van der Waals surface area contributed by atoms with Crippen LogP contribution in [0.15, 0.2) is 12.1 Å². The first kappa shape index (κ1) is 31.1. The number of aromatic amines is 1. The fourth-order valence-electron chi connectivity index (χ4n) is 4.43. The molecule has 2 aromatic rings. The van der Waals surface area contributed by atoms with Crippen LogP contribution in [0, 0.1) is 25.5 Å². The second kappa shape index (κ2) is 12.4. The Kier molecular flexibility index (Phi) is 9.64. The molecule has 0 saturated carbocycles. The zero-order chi connectivity index (χ0) is 29.9. The summed E-state index contributed by atoms with van der Waals surface area (Å²) in [6.45, 7) is 3.25. The third kappa shape index (κ3) is 7.40. The number of rotatable bonds is 11. The zero-order valence-electron chi connectivity index (χ0n) is 22.0. The number of aryl methyl sites for hydroxylation is 1. The van der Waals surface area contributed by atoms with Gasteiger partial charge in [0.15, 0.2) is 11.6 Å². The van der Waals surface area contributed by atoms with E-state index in [0.717, 1.165) is 11.0 Å². The van der Waals surface area contributed by atoms with Gasteiger partial charge in [0.2, 0.25) is 5.91 Å². The molecule has 0 fully saturated rings. The van der Waals surface area contributed by atoms with Gasteiger partial charge in [-0.1, -0.05) is 0 Å². The van der Waals surface area contributed by atoms with Crippen molar-refractivity contribution in [1.29, 1.82) is 0 Å². The number of aliphatic hydroxyl groups excluding tert-OH is 2. The molecule has 2 atom stereocenters. The van der Waals surface area contributed by atoms with Gasteiger partial charge < -0.3 is 40.5 Å². The Balaban J connectivity index is 1.59. The Morgan fingerprint density at radius 1 is 1.18 bits per heavy atom. The zero-order valence-corrected chi connectivity index (χ0v) is 22.9. The van der Waals surface area contributed by atoms with Crippen LogP contribution in [0.25, 0.3) is 11.6 Å². The molecule has 1 aliphatic heterocycles. The van der Waals surface area contributed by atoms with Gasteiger partial charge in [-0.2, -0.15) is 0 Å². The molecule has 0 spiro atoms. The summed E-state index contributed by atoms with van der Waals surface area (Å²) in [5.41, 5.74) is 1.35. The second-order valence-corrected chi connectivity index (χ2v) is 11.3. The van der Waals surface area contributed by atoms with Crippen molar-refractivity contribution in [3.8, 4) is 0 Å². The standard InChI is InChI=1S/C25H31F2N4O8P/c1-12-19(10-16-22-18(30-24(16)35)5-4-17(26)23(22)27)29-13(2)21(12)25(36)28-7-6-14(32)8-15(33)9-20(34)31(3)11-40(37,38)39/h4-5,10,14-15,29,32-33H,6-9,11H2,1-3H3,(H,28,36)(H,30,35)(H2,37,38,39)/b16-10-/t14-,15-/m1/s1. The van der Waals surface area contributed by atoms with E-state index in [4.69, 9.17) is 9.79 Å². The third-order valence-corrected chi connectivity index (χ3v) is 7.18. The lowest BCUT2D eigenvalue weighted by Crippen LogP contribution is -2.33. The number of anilines is 1. The molecular weight excluding hydrogens is 553 g/mol. The van der Waals surface area contributed by atoms with Crippen molar-refractivity contribution in [2.24, 2.45) is 0 Å². The van der Waals surface area contributed by atoms with Gasteiger partial charge in [0, 0.05) is 30.5 Å². The predicted molar refractivity (Wildman–Crippen MR) is 141 cm³/mol. The number of nitrogens with one attached hydrogen (secondary N) is 3. The van der Waals surface area contributed by atoms with Gasteiger partial charge in [-0.3, -0.25) is 18.9 Å². The van der Waals surface area contributed by atoms with Crippen molar-refractivity contribution in [2.75, 3.05) is 25.2 Å². The summed E-state index contributed by atoms with van der Waals surface area (Å²) in [5, 5.41) is 25.4. The Hall–Kier alpha value is -3.42. The molecule has 2 heterocycles. The molecule has 1 aromatic carbocycles. The van der Waals surface area contributed by atoms with Crippen molar-refractivity contribution < 1.29 is 47.7 Å². The Morgan fingerprint density at radius 3 is 2.50 bits per heavy atom. The first-order chi connectivity index (χ1) is 18.6. The molecule has 3 amide bonds. The maximum atomic E-state index is 14.4. The van der Waals surface area contributed by atoms with Crippen LogP contribution in [0.1, 0.15) is 52.1 Å². The summed E-state index contributed by atoms with van der Waals surface area (Å²) >= 11 is 0. The summed E-state index contributed by atoms with van der Waals surface area (Å²) in [5.74, 6) is -4.09. The van der Waals surface area contributed by atoms with Gasteiger partial charge in [-0.25, -0.2) is 8.78 Å². The smallest absolute Gasteiger partial charge is 0.344 e. The highest BCUT2D eigenvalue weighted by Gasteiger charge is 2.30. The van der Waals surface area contributed by atoms with Gasteiger partial charge in [0.25, 0.3) is 11.8 Å². The number of hydrogen-bond donors (Lipinski definition) is 7. The Bertz CT molecular complexity index is 1400. The van der Waals surface area contributed by atoms with E-state index in [1.165, 1.54) is 19.2 Å². The molecule has 1 aromatic heterocycles. The van der Waals surface area contributed by atoms with E-state index in [1.54, 1.807) is 13.8 Å². The second-order valence-electron chi connectivity index (χ2n) is 9.65. The largest absolute Gasteiger partial charge is 0.393 e. The van der Waals surface area contributed by atoms with E-state index in [-0.39, 0.29) is 41.8 Å². The Morgan fingerprint density at radius 2 is 1.85 bits per heavy atom. The number of halogens is 2. The van der Waals surface area contributed by atoms with E-state index in [2.05, 4.69) is 15.6 Å². The number of H-pyrrole nitrogens is 1. The normalized spacial score (nSPS) is 15.5. The minimum Gasteiger partial charge on any atom is -0.393 e. The van der Waals surface area contributed by atoms with Gasteiger partial charge in [0.1, 0.15) is 6.29 Å². The summed E-state index contributed by atoms with van der Waals surface area (Å²) in [6, 6.07) is 2.17. The van der Waals surface area contributed by atoms with Crippen molar-refractivity contribution >= 4 is 42.7 Å². The average molecular weight is 585 g/mol. The lowest BCUT2D eigenvalue weighted by Gasteiger charge is -2.21. The molecule has 0 aliphatic carbocycles. The monoisotopic (exact) mass is 584 g/mol. The third-order valence-electron chi connectivity index (χ3n) is 6.39. The topological polar surface area (TPSA) is 192 Å². The number of carbonyl (C=O) groups is 3. The highest BCUT2D eigenvalue weighted by atomic mass is 31.2. The molecule has 15 heteroatoms. The van der Waals surface area contributed by atoms with Crippen LogP contribution in [0.5, 0.6) is 0 Å². The summed E-state index contributed by atoms with van der Waals surface area (Å²) in [7, 11) is -3.26. The summed E-state index contributed by atoms with van der Waals surface area (Å²) in [4.78, 5) is 58.9. The molecule has 40 heavy (non-hydrogen) atoms. The van der Waals surface area contributed by atoms with Crippen LogP contribution in [0.4, 0.5) is 14.5 Å². The molecule has 0 unspecified atom stereocenters. The van der Waals surface area contributed by atoms with Crippen molar-refractivity contribution in [3.63, 3.8) is 0 Å². The van der Waals surface area contributed by atoms with Crippen LogP contribution in [0.2, 0.25) is 0 Å². The molecule has 3 rings (SSSR count). The number of amides is 3. The van der Waals surface area contributed by atoms with Crippen molar-refractivity contribution in [3.05, 3.63) is 51.8 Å². The SMILES string of the molecule is Cc1[nH]c(/C=C2\C(=O)Nc3ccc(F)c(F)c32)c(C)c1C(=O)NCC[C@@H](O)C[C@@H](O)CC(=O)N(C)CP(=O)(O)O. The van der Waals surface area contributed by atoms with Crippen LogP contribution in [-0.4, -0.2) is 79.7 Å².